The molecule has 3 heteroatoms. The molecule has 27 heavy (non-hydrogen) atoms. The van der Waals surface area contributed by atoms with Crippen molar-refractivity contribution in [1.29, 1.82) is 0 Å². The van der Waals surface area contributed by atoms with Gasteiger partial charge in [0.1, 0.15) is 5.76 Å². The van der Waals surface area contributed by atoms with Crippen LogP contribution < -0.4 is 0 Å². The summed E-state index contributed by atoms with van der Waals surface area (Å²) in [6, 6.07) is 0. The molecule has 4 unspecified atom stereocenters. The minimum Gasteiger partial charge on any atom is -0.500 e. The van der Waals surface area contributed by atoms with Crippen molar-refractivity contribution < 1.29 is 14.3 Å². The van der Waals surface area contributed by atoms with Crippen LogP contribution in [-0.4, -0.2) is 25.6 Å². The third kappa shape index (κ3) is 2.27. The van der Waals surface area contributed by atoms with E-state index in [4.69, 9.17) is 9.47 Å². The maximum Gasteiger partial charge on any atom is 0.168 e. The third-order valence-electron chi connectivity index (χ3n) is 8.15. The largest absolute Gasteiger partial charge is 0.500 e. The number of carbonyl (C=O) groups is 1. The Bertz CT molecular complexity index is 737. The van der Waals surface area contributed by atoms with E-state index in [-0.39, 0.29) is 16.6 Å². The van der Waals surface area contributed by atoms with E-state index >= 15 is 0 Å². The first-order chi connectivity index (χ1) is 12.6. The number of allylic oxidation sites excluding steroid dienone is 5. The average molecular weight is 373 g/mol. The lowest BCUT2D eigenvalue weighted by molar-refractivity contribution is -0.165. The molecule has 0 aromatic rings. The molecule has 0 aliphatic heterocycles. The molecule has 2 bridgehead atoms. The summed E-state index contributed by atoms with van der Waals surface area (Å²) < 4.78 is 12.1. The normalized spacial score (nSPS) is 41.6. The zero-order valence-electron chi connectivity index (χ0n) is 18.4. The van der Waals surface area contributed by atoms with E-state index in [0.717, 1.165) is 31.4 Å². The molecule has 0 amide bonds. The molecule has 0 heterocycles. The van der Waals surface area contributed by atoms with Crippen molar-refractivity contribution in [2.24, 2.45) is 22.2 Å². The Balaban J connectivity index is 2.09. The van der Waals surface area contributed by atoms with Crippen LogP contribution in [0.1, 0.15) is 67.2 Å². The van der Waals surface area contributed by atoms with Gasteiger partial charge in [0.25, 0.3) is 0 Å². The summed E-state index contributed by atoms with van der Waals surface area (Å²) in [5, 5.41) is 0. The lowest BCUT2D eigenvalue weighted by Gasteiger charge is -2.53. The fourth-order valence-corrected chi connectivity index (χ4v) is 6.75. The van der Waals surface area contributed by atoms with Crippen LogP contribution in [0.25, 0.3) is 0 Å². The van der Waals surface area contributed by atoms with Crippen LogP contribution >= 0.6 is 0 Å². The number of ether oxygens (including phenoxy) is 2. The van der Waals surface area contributed by atoms with E-state index in [1.165, 1.54) is 11.1 Å². The van der Waals surface area contributed by atoms with Gasteiger partial charge in [0.15, 0.2) is 5.78 Å². The van der Waals surface area contributed by atoms with E-state index in [1.54, 1.807) is 20.3 Å². The maximum atomic E-state index is 13.5. The van der Waals surface area contributed by atoms with Gasteiger partial charge in [-0.15, -0.1) is 0 Å². The smallest absolute Gasteiger partial charge is 0.168 e. The molecule has 0 N–H and O–H groups in total. The van der Waals surface area contributed by atoms with Gasteiger partial charge in [0, 0.05) is 13.2 Å². The Labute approximate surface area is 164 Å². The second-order valence-electron chi connectivity index (χ2n) is 9.68. The SMILES string of the molecule is COC1=CC(=O)C23C(CC1(CC=C(C)C)[C@@]2(C)OC)C3(C)CCC=C(C)C. The maximum absolute atomic E-state index is 13.5. The number of hydrogen-bond donors (Lipinski definition) is 0. The Morgan fingerprint density at radius 1 is 1.15 bits per heavy atom. The Hall–Kier alpha value is -1.35. The quantitative estimate of drug-likeness (QED) is 0.544. The summed E-state index contributed by atoms with van der Waals surface area (Å²) >= 11 is 0. The average Bonchev–Trinajstić information content (AvgIpc) is 3.05. The molecule has 3 aliphatic carbocycles. The monoisotopic (exact) mass is 372 g/mol. The molecule has 3 aliphatic rings. The fraction of sp³-hybridized carbons (Fsp3) is 0.708. The van der Waals surface area contributed by atoms with E-state index in [9.17, 15) is 4.79 Å². The number of rotatable bonds is 7. The molecule has 150 valence electrons. The number of hydrogen-bond acceptors (Lipinski definition) is 3. The van der Waals surface area contributed by atoms with Gasteiger partial charge < -0.3 is 9.47 Å². The lowest BCUT2D eigenvalue weighted by atomic mass is 9.56. The zero-order chi connectivity index (χ0) is 20.3. The predicted molar refractivity (Wildman–Crippen MR) is 109 cm³/mol. The van der Waals surface area contributed by atoms with Gasteiger partial charge in [-0.25, -0.2) is 0 Å². The Kier molecular flexibility index (Phi) is 4.78. The standard InChI is InChI=1S/C24H36O3/c1-16(2)10-9-12-21(5)18-15-23(13-11-17(3)4)20(26-7)14-19(25)24(18,21)22(23,6)27-8/h10-11,14,18H,9,12-13,15H2,1-8H3/t18?,21?,22-,23?,24?/m1/s1. The molecule has 1 spiro atoms. The molecule has 2 saturated carbocycles. The van der Waals surface area contributed by atoms with Crippen LogP contribution in [0.15, 0.2) is 35.1 Å². The number of fused-ring (bicyclic) bond motifs is 1. The third-order valence-corrected chi connectivity index (χ3v) is 8.15. The van der Waals surface area contributed by atoms with Gasteiger partial charge in [0.05, 0.1) is 23.5 Å². The molecule has 0 radical (unpaired) electrons. The predicted octanol–water partition coefficient (Wildman–Crippen LogP) is 5.62. The van der Waals surface area contributed by atoms with Gasteiger partial charge in [-0.2, -0.15) is 0 Å². The van der Waals surface area contributed by atoms with Gasteiger partial charge in [-0.05, 0) is 71.6 Å². The molecular formula is C24H36O3. The molecule has 0 saturated heterocycles. The fourth-order valence-electron chi connectivity index (χ4n) is 6.75. The van der Waals surface area contributed by atoms with E-state index in [1.807, 2.05) is 0 Å². The summed E-state index contributed by atoms with van der Waals surface area (Å²) in [5.41, 5.74) is 1.38. The summed E-state index contributed by atoms with van der Waals surface area (Å²) in [4.78, 5) is 13.5. The van der Waals surface area contributed by atoms with E-state index < -0.39 is 11.0 Å². The minimum absolute atomic E-state index is 0.00889. The highest BCUT2D eigenvalue weighted by molar-refractivity contribution is 6.03. The Morgan fingerprint density at radius 2 is 1.78 bits per heavy atom. The summed E-state index contributed by atoms with van der Waals surface area (Å²) in [6.45, 7) is 13.0. The molecule has 3 nitrogen and oxygen atoms in total. The molecule has 0 aromatic heterocycles. The second-order valence-corrected chi connectivity index (χ2v) is 9.68. The highest BCUT2D eigenvalue weighted by Crippen LogP contribution is 2.89. The Morgan fingerprint density at radius 3 is 2.30 bits per heavy atom. The van der Waals surface area contributed by atoms with Gasteiger partial charge in [-0.3, -0.25) is 4.79 Å². The lowest BCUT2D eigenvalue weighted by Crippen LogP contribution is -2.59. The first kappa shape index (κ1) is 20.4. The highest BCUT2D eigenvalue weighted by Gasteiger charge is 2.92. The van der Waals surface area contributed by atoms with E-state index in [2.05, 4.69) is 53.7 Å². The topological polar surface area (TPSA) is 35.5 Å². The van der Waals surface area contributed by atoms with Crippen LogP contribution in [0.2, 0.25) is 0 Å². The van der Waals surface area contributed by atoms with Gasteiger partial charge in [-0.1, -0.05) is 30.2 Å². The van der Waals surface area contributed by atoms with Crippen LogP contribution in [0.4, 0.5) is 0 Å². The summed E-state index contributed by atoms with van der Waals surface area (Å²) in [7, 11) is 3.47. The number of ketones is 1. The van der Waals surface area contributed by atoms with Crippen molar-refractivity contribution >= 4 is 5.78 Å². The van der Waals surface area contributed by atoms with Crippen molar-refractivity contribution in [3.05, 3.63) is 35.1 Å². The molecule has 3 rings (SSSR count). The zero-order valence-corrected chi connectivity index (χ0v) is 18.4. The van der Waals surface area contributed by atoms with Crippen molar-refractivity contribution in [1.82, 2.24) is 0 Å². The van der Waals surface area contributed by atoms with Crippen molar-refractivity contribution in [2.75, 3.05) is 14.2 Å². The van der Waals surface area contributed by atoms with Crippen molar-refractivity contribution in [3.8, 4) is 0 Å². The van der Waals surface area contributed by atoms with Crippen LogP contribution in [0.5, 0.6) is 0 Å². The minimum atomic E-state index is -0.548. The number of carbonyl (C=O) groups excluding carboxylic acids is 1. The first-order valence-corrected chi connectivity index (χ1v) is 10.2. The molecule has 5 atom stereocenters. The summed E-state index contributed by atoms with van der Waals surface area (Å²) in [5.74, 6) is 1.36. The highest BCUT2D eigenvalue weighted by atomic mass is 16.5. The summed E-state index contributed by atoms with van der Waals surface area (Å²) in [6.07, 6.45) is 10.2. The molecular weight excluding hydrogens is 336 g/mol. The van der Waals surface area contributed by atoms with Crippen LogP contribution in [-0.2, 0) is 14.3 Å². The van der Waals surface area contributed by atoms with Gasteiger partial charge >= 0.3 is 0 Å². The number of methoxy groups -OCH3 is 2. The first-order valence-electron chi connectivity index (χ1n) is 10.2. The van der Waals surface area contributed by atoms with Crippen LogP contribution in [0, 0.1) is 22.2 Å². The second kappa shape index (κ2) is 6.34. The van der Waals surface area contributed by atoms with Crippen molar-refractivity contribution in [2.45, 2.75) is 72.8 Å². The van der Waals surface area contributed by atoms with Crippen molar-refractivity contribution in [3.63, 3.8) is 0 Å². The molecule has 2 fully saturated rings. The van der Waals surface area contributed by atoms with Crippen LogP contribution in [0.3, 0.4) is 0 Å². The molecule has 0 aromatic carbocycles. The van der Waals surface area contributed by atoms with Gasteiger partial charge in [0.2, 0.25) is 0 Å². The van der Waals surface area contributed by atoms with E-state index in [0.29, 0.717) is 5.92 Å².